The first kappa shape index (κ1) is 15.6. The van der Waals surface area contributed by atoms with Gasteiger partial charge in [0.2, 0.25) is 0 Å². The number of hydrogen-bond donors (Lipinski definition) is 1. The fraction of sp³-hybridized carbons (Fsp3) is 0.368. The molecule has 0 aliphatic carbocycles. The van der Waals surface area contributed by atoms with Crippen LogP contribution in [0.25, 0.3) is 0 Å². The lowest BCUT2D eigenvalue weighted by Gasteiger charge is -2.29. The van der Waals surface area contributed by atoms with Gasteiger partial charge in [0.25, 0.3) is 0 Å². The lowest BCUT2D eigenvalue weighted by atomic mass is 10.0. The summed E-state index contributed by atoms with van der Waals surface area (Å²) in [6.07, 6.45) is 2.17. The summed E-state index contributed by atoms with van der Waals surface area (Å²) in [6, 6.07) is 19.4. The predicted octanol–water partition coefficient (Wildman–Crippen LogP) is 4.11. The summed E-state index contributed by atoms with van der Waals surface area (Å²) < 4.78 is 0. The van der Waals surface area contributed by atoms with E-state index in [9.17, 15) is 0 Å². The molecule has 0 amide bonds. The van der Waals surface area contributed by atoms with Crippen LogP contribution in [0.15, 0.2) is 54.6 Å². The van der Waals surface area contributed by atoms with E-state index in [1.807, 2.05) is 12.1 Å². The average Bonchev–Trinajstić information content (AvgIpc) is 2.50. The van der Waals surface area contributed by atoms with Crippen LogP contribution in [-0.2, 0) is 13.0 Å². The molecule has 112 valence electrons. The van der Waals surface area contributed by atoms with Crippen LogP contribution >= 0.6 is 0 Å². The molecule has 2 aromatic rings. The SMILES string of the molecule is CCCN(Cc1ccccc1)C(C)Cc1ccccc1N. The maximum atomic E-state index is 6.08. The second-order valence-electron chi connectivity index (χ2n) is 5.71. The third kappa shape index (κ3) is 4.61. The van der Waals surface area contributed by atoms with Crippen molar-refractivity contribution in [1.82, 2.24) is 4.90 Å². The van der Waals surface area contributed by atoms with Gasteiger partial charge in [0, 0.05) is 18.3 Å². The zero-order chi connectivity index (χ0) is 15.1. The van der Waals surface area contributed by atoms with Crippen molar-refractivity contribution in [1.29, 1.82) is 0 Å². The number of benzene rings is 2. The number of nitrogen functional groups attached to an aromatic ring is 1. The van der Waals surface area contributed by atoms with Gasteiger partial charge in [-0.05, 0) is 43.5 Å². The summed E-state index contributed by atoms with van der Waals surface area (Å²) in [5.74, 6) is 0. The first-order chi connectivity index (χ1) is 10.2. The van der Waals surface area contributed by atoms with Crippen molar-refractivity contribution in [3.05, 3.63) is 65.7 Å². The molecule has 0 spiro atoms. The largest absolute Gasteiger partial charge is 0.399 e. The number of anilines is 1. The van der Waals surface area contributed by atoms with Gasteiger partial charge in [-0.15, -0.1) is 0 Å². The van der Waals surface area contributed by atoms with Crippen LogP contribution in [0.5, 0.6) is 0 Å². The maximum absolute atomic E-state index is 6.08. The standard InChI is InChI=1S/C19H26N2/c1-3-13-21(15-17-9-5-4-6-10-17)16(2)14-18-11-7-8-12-19(18)20/h4-12,16H,3,13-15,20H2,1-2H3. The molecule has 2 nitrogen and oxygen atoms in total. The highest BCUT2D eigenvalue weighted by Gasteiger charge is 2.15. The molecular formula is C19H26N2. The van der Waals surface area contributed by atoms with Gasteiger partial charge in [-0.3, -0.25) is 4.90 Å². The maximum Gasteiger partial charge on any atom is 0.0347 e. The fourth-order valence-electron chi connectivity index (χ4n) is 2.73. The van der Waals surface area contributed by atoms with Crippen molar-refractivity contribution in [2.24, 2.45) is 0 Å². The Morgan fingerprint density at radius 1 is 1.00 bits per heavy atom. The van der Waals surface area contributed by atoms with E-state index in [-0.39, 0.29) is 0 Å². The highest BCUT2D eigenvalue weighted by atomic mass is 15.1. The van der Waals surface area contributed by atoms with Crippen molar-refractivity contribution in [3.63, 3.8) is 0 Å². The van der Waals surface area contributed by atoms with E-state index >= 15 is 0 Å². The first-order valence-corrected chi connectivity index (χ1v) is 7.82. The van der Waals surface area contributed by atoms with Gasteiger partial charge in [0.1, 0.15) is 0 Å². The van der Waals surface area contributed by atoms with Gasteiger partial charge in [-0.1, -0.05) is 55.5 Å². The lowest BCUT2D eigenvalue weighted by molar-refractivity contribution is 0.199. The normalized spacial score (nSPS) is 12.5. The first-order valence-electron chi connectivity index (χ1n) is 7.82. The molecule has 0 aliphatic heterocycles. The monoisotopic (exact) mass is 282 g/mol. The zero-order valence-electron chi connectivity index (χ0n) is 13.1. The van der Waals surface area contributed by atoms with Gasteiger partial charge >= 0.3 is 0 Å². The molecule has 0 bridgehead atoms. The van der Waals surface area contributed by atoms with Crippen LogP contribution in [0.4, 0.5) is 5.69 Å². The quantitative estimate of drug-likeness (QED) is 0.774. The fourth-order valence-corrected chi connectivity index (χ4v) is 2.73. The smallest absolute Gasteiger partial charge is 0.0347 e. The van der Waals surface area contributed by atoms with Gasteiger partial charge in [-0.2, -0.15) is 0 Å². The number of hydrogen-bond acceptors (Lipinski definition) is 2. The van der Waals surface area contributed by atoms with E-state index in [2.05, 4.69) is 61.2 Å². The van der Waals surface area contributed by atoms with E-state index < -0.39 is 0 Å². The summed E-state index contributed by atoms with van der Waals surface area (Å²) >= 11 is 0. The van der Waals surface area contributed by atoms with Crippen molar-refractivity contribution >= 4 is 5.69 Å². The van der Waals surface area contributed by atoms with Crippen molar-refractivity contribution in [2.75, 3.05) is 12.3 Å². The van der Waals surface area contributed by atoms with Crippen LogP contribution in [0, 0.1) is 0 Å². The highest BCUT2D eigenvalue weighted by molar-refractivity contribution is 5.46. The van der Waals surface area contributed by atoms with Crippen molar-refractivity contribution < 1.29 is 0 Å². The summed E-state index contributed by atoms with van der Waals surface area (Å²) in [7, 11) is 0. The molecule has 0 aromatic heterocycles. The number of nitrogens with two attached hydrogens (primary N) is 1. The average molecular weight is 282 g/mol. The van der Waals surface area contributed by atoms with Crippen LogP contribution in [0.1, 0.15) is 31.4 Å². The molecule has 2 N–H and O–H groups in total. The number of rotatable bonds is 7. The molecule has 2 rings (SSSR count). The number of nitrogens with zero attached hydrogens (tertiary/aromatic N) is 1. The molecule has 0 fully saturated rings. The molecule has 0 saturated heterocycles. The summed E-state index contributed by atoms with van der Waals surface area (Å²) in [5.41, 5.74) is 9.60. The molecule has 0 radical (unpaired) electrons. The van der Waals surface area contributed by atoms with Gasteiger partial charge < -0.3 is 5.73 Å². The Morgan fingerprint density at radius 2 is 1.67 bits per heavy atom. The third-order valence-corrected chi connectivity index (χ3v) is 3.93. The second-order valence-corrected chi connectivity index (χ2v) is 5.71. The topological polar surface area (TPSA) is 29.3 Å². The molecule has 2 aromatic carbocycles. The Balaban J connectivity index is 2.05. The predicted molar refractivity (Wildman–Crippen MR) is 91.2 cm³/mol. The minimum Gasteiger partial charge on any atom is -0.399 e. The molecule has 1 unspecified atom stereocenters. The second kappa shape index (κ2) is 7.84. The van der Waals surface area contributed by atoms with Crippen LogP contribution in [0.2, 0.25) is 0 Å². The van der Waals surface area contributed by atoms with E-state index in [4.69, 9.17) is 5.73 Å². The zero-order valence-corrected chi connectivity index (χ0v) is 13.1. The van der Waals surface area contributed by atoms with Crippen molar-refractivity contribution in [2.45, 2.75) is 39.3 Å². The minimum absolute atomic E-state index is 0.481. The van der Waals surface area contributed by atoms with E-state index in [0.717, 1.165) is 25.2 Å². The Hall–Kier alpha value is -1.80. The molecule has 0 aliphatic rings. The van der Waals surface area contributed by atoms with Crippen LogP contribution < -0.4 is 5.73 Å². The molecule has 0 saturated carbocycles. The van der Waals surface area contributed by atoms with E-state index in [0.29, 0.717) is 6.04 Å². The van der Waals surface area contributed by atoms with Crippen LogP contribution in [0.3, 0.4) is 0 Å². The summed E-state index contributed by atoms with van der Waals surface area (Å²) in [5, 5.41) is 0. The molecule has 2 heteroatoms. The Bertz CT molecular complexity index is 536. The third-order valence-electron chi connectivity index (χ3n) is 3.93. The summed E-state index contributed by atoms with van der Waals surface area (Å²) in [6.45, 7) is 6.65. The highest BCUT2D eigenvalue weighted by Crippen LogP contribution is 2.17. The molecular weight excluding hydrogens is 256 g/mol. The van der Waals surface area contributed by atoms with Crippen molar-refractivity contribution in [3.8, 4) is 0 Å². The Morgan fingerprint density at radius 3 is 2.33 bits per heavy atom. The summed E-state index contributed by atoms with van der Waals surface area (Å²) in [4.78, 5) is 2.54. The molecule has 21 heavy (non-hydrogen) atoms. The minimum atomic E-state index is 0.481. The van der Waals surface area contributed by atoms with Gasteiger partial charge in [0.05, 0.1) is 0 Å². The van der Waals surface area contributed by atoms with Crippen LogP contribution in [-0.4, -0.2) is 17.5 Å². The Kier molecular flexibility index (Phi) is 5.82. The van der Waals surface area contributed by atoms with E-state index in [1.165, 1.54) is 17.5 Å². The lowest BCUT2D eigenvalue weighted by Crippen LogP contribution is -2.35. The van der Waals surface area contributed by atoms with Gasteiger partial charge in [0.15, 0.2) is 0 Å². The Labute approximate surface area is 128 Å². The van der Waals surface area contributed by atoms with E-state index in [1.54, 1.807) is 0 Å². The number of para-hydroxylation sites is 1. The molecule has 1 atom stereocenters. The molecule has 0 heterocycles. The van der Waals surface area contributed by atoms with Gasteiger partial charge in [-0.25, -0.2) is 0 Å².